The third-order valence-electron chi connectivity index (χ3n) is 5.71. The van der Waals surface area contributed by atoms with Crippen molar-refractivity contribution in [3.63, 3.8) is 0 Å². The lowest BCUT2D eigenvalue weighted by molar-refractivity contribution is 0.0192. The summed E-state index contributed by atoms with van der Waals surface area (Å²) < 4.78 is 18.3. The van der Waals surface area contributed by atoms with Gasteiger partial charge in [-0.1, -0.05) is 66.7 Å². The van der Waals surface area contributed by atoms with Gasteiger partial charge < -0.3 is 14.2 Å². The first kappa shape index (κ1) is 25.7. The first-order valence-corrected chi connectivity index (χ1v) is 12.6. The highest BCUT2D eigenvalue weighted by Gasteiger charge is 2.22. The molecule has 0 aliphatic carbocycles. The normalized spacial score (nSPS) is 11.2. The highest BCUT2D eigenvalue weighted by Crippen LogP contribution is 2.30. The number of hydrogen-bond donors (Lipinski definition) is 0. The third kappa shape index (κ3) is 6.70. The van der Waals surface area contributed by atoms with Gasteiger partial charge in [0, 0.05) is 17.8 Å². The van der Waals surface area contributed by atoms with E-state index in [0.717, 1.165) is 28.0 Å². The summed E-state index contributed by atoms with van der Waals surface area (Å²) in [5.41, 5.74) is 3.98. The fourth-order valence-electron chi connectivity index (χ4n) is 3.92. The van der Waals surface area contributed by atoms with Crippen molar-refractivity contribution in [2.45, 2.75) is 33.0 Å². The van der Waals surface area contributed by atoms with Gasteiger partial charge in [0.1, 0.15) is 18.0 Å². The lowest BCUT2D eigenvalue weighted by Crippen LogP contribution is -2.26. The van der Waals surface area contributed by atoms with Crippen LogP contribution in [-0.4, -0.2) is 26.5 Å². The molecule has 5 rings (SSSR count). The molecule has 7 heteroatoms. The topological polar surface area (TPSA) is 75.5 Å². The molecule has 7 nitrogen and oxygen atoms in total. The van der Waals surface area contributed by atoms with Gasteiger partial charge in [-0.3, -0.25) is 0 Å². The molecule has 0 N–H and O–H groups in total. The minimum atomic E-state index is -0.811. The van der Waals surface area contributed by atoms with E-state index in [1.54, 1.807) is 39.1 Å². The van der Waals surface area contributed by atoms with Crippen molar-refractivity contribution in [3.8, 4) is 39.8 Å². The van der Waals surface area contributed by atoms with Crippen molar-refractivity contribution in [1.29, 1.82) is 0 Å². The Kier molecular flexibility index (Phi) is 7.41. The summed E-state index contributed by atoms with van der Waals surface area (Å²) in [6.07, 6.45) is 0.844. The largest absolute Gasteiger partial charge is 0.515 e. The summed E-state index contributed by atoms with van der Waals surface area (Å²) in [6.45, 7) is 5.86. The van der Waals surface area contributed by atoms with Crippen LogP contribution in [0, 0.1) is 0 Å². The number of rotatable bonds is 7. The van der Waals surface area contributed by atoms with Crippen LogP contribution in [0.25, 0.3) is 28.2 Å². The zero-order chi connectivity index (χ0) is 27.2. The highest BCUT2D eigenvalue weighted by molar-refractivity contribution is 5.73. The van der Waals surface area contributed by atoms with E-state index in [2.05, 4.69) is 4.98 Å². The second-order valence-corrected chi connectivity index (χ2v) is 9.91. The Morgan fingerprint density at radius 1 is 0.795 bits per heavy atom. The number of hydrogen-bond acceptors (Lipinski definition) is 6. The SMILES string of the molecule is CC(C)(C)OC(=O)Oc1cc(-c2cccc(-c3ccc(OCc4ccccc4)cc3)c2)nn1-c1ccccn1. The smallest absolute Gasteiger partial charge is 0.489 e. The first-order valence-electron chi connectivity index (χ1n) is 12.6. The molecule has 0 aliphatic heterocycles. The molecule has 39 heavy (non-hydrogen) atoms. The summed E-state index contributed by atoms with van der Waals surface area (Å²) >= 11 is 0. The van der Waals surface area contributed by atoms with Gasteiger partial charge in [-0.2, -0.15) is 9.78 Å². The Labute approximate surface area is 227 Å². The molecule has 0 bridgehead atoms. The number of nitrogens with zero attached hydrogens (tertiary/aromatic N) is 3. The summed E-state index contributed by atoms with van der Waals surface area (Å²) in [7, 11) is 0. The summed E-state index contributed by atoms with van der Waals surface area (Å²) in [6, 6.07) is 33.2. The van der Waals surface area contributed by atoms with Crippen molar-refractivity contribution >= 4 is 6.16 Å². The molecule has 0 amide bonds. The average molecular weight is 520 g/mol. The van der Waals surface area contributed by atoms with Crippen molar-refractivity contribution < 1.29 is 19.0 Å². The Balaban J connectivity index is 1.39. The summed E-state index contributed by atoms with van der Waals surface area (Å²) in [5, 5.41) is 4.70. The molecule has 0 fully saturated rings. The summed E-state index contributed by atoms with van der Waals surface area (Å²) in [4.78, 5) is 16.8. The van der Waals surface area contributed by atoms with Gasteiger partial charge in [-0.25, -0.2) is 9.78 Å². The van der Waals surface area contributed by atoms with E-state index in [4.69, 9.17) is 19.3 Å². The number of carbonyl (C=O) groups excluding carboxylic acids is 1. The number of benzene rings is 3. The van der Waals surface area contributed by atoms with Crippen LogP contribution in [0.5, 0.6) is 11.6 Å². The van der Waals surface area contributed by atoms with Crippen LogP contribution < -0.4 is 9.47 Å². The maximum Gasteiger partial charge on any atom is 0.515 e. The molecular weight excluding hydrogens is 490 g/mol. The van der Waals surface area contributed by atoms with Crippen LogP contribution in [0.3, 0.4) is 0 Å². The van der Waals surface area contributed by atoms with Crippen LogP contribution in [0.1, 0.15) is 26.3 Å². The first-order chi connectivity index (χ1) is 18.8. The fourth-order valence-corrected chi connectivity index (χ4v) is 3.92. The quantitative estimate of drug-likeness (QED) is 0.207. The van der Waals surface area contributed by atoms with Gasteiger partial charge in [0.2, 0.25) is 5.88 Å². The third-order valence-corrected chi connectivity index (χ3v) is 5.71. The van der Waals surface area contributed by atoms with Crippen LogP contribution in [0.2, 0.25) is 0 Å². The lowest BCUT2D eigenvalue weighted by atomic mass is 10.0. The molecule has 5 aromatic rings. The van der Waals surface area contributed by atoms with E-state index in [1.165, 1.54) is 4.68 Å². The molecule has 0 radical (unpaired) electrons. The Hall–Kier alpha value is -4.91. The van der Waals surface area contributed by atoms with Crippen LogP contribution in [-0.2, 0) is 11.3 Å². The Morgan fingerprint density at radius 3 is 2.26 bits per heavy atom. The highest BCUT2D eigenvalue weighted by atomic mass is 16.7. The molecule has 3 aromatic carbocycles. The molecule has 0 spiro atoms. The standard InChI is InChI=1S/C32H29N3O4/c1-32(2,3)39-31(36)38-30-21-28(34-35(30)29-14-7-8-19-33-29)26-13-9-12-25(20-26)24-15-17-27(18-16-24)37-22-23-10-5-4-6-11-23/h4-21H,22H2,1-3H3. The number of carbonyl (C=O) groups is 1. The molecule has 196 valence electrons. The zero-order valence-electron chi connectivity index (χ0n) is 22.1. The van der Waals surface area contributed by atoms with Gasteiger partial charge in [0.25, 0.3) is 0 Å². The van der Waals surface area contributed by atoms with Crippen LogP contribution in [0.4, 0.5) is 4.79 Å². The zero-order valence-corrected chi connectivity index (χ0v) is 22.1. The molecule has 0 saturated heterocycles. The predicted octanol–water partition coefficient (Wildman–Crippen LogP) is 7.49. The minimum absolute atomic E-state index is 0.211. The van der Waals surface area contributed by atoms with Crippen molar-refractivity contribution in [2.24, 2.45) is 0 Å². The van der Waals surface area contributed by atoms with Crippen molar-refractivity contribution in [2.75, 3.05) is 0 Å². The molecule has 0 atom stereocenters. The van der Waals surface area contributed by atoms with Crippen molar-refractivity contribution in [3.05, 3.63) is 115 Å². The number of ether oxygens (including phenoxy) is 3. The monoisotopic (exact) mass is 519 g/mol. The maximum absolute atomic E-state index is 12.4. The number of aromatic nitrogens is 3. The van der Waals surface area contributed by atoms with Crippen LogP contribution >= 0.6 is 0 Å². The molecule has 0 saturated carbocycles. The van der Waals surface area contributed by atoms with Gasteiger partial charge in [-0.15, -0.1) is 0 Å². The van der Waals surface area contributed by atoms with E-state index in [-0.39, 0.29) is 5.88 Å². The van der Waals surface area contributed by atoms with Gasteiger partial charge >= 0.3 is 6.16 Å². The molecule has 2 heterocycles. The molecule has 0 aliphatic rings. The molecular formula is C32H29N3O4. The minimum Gasteiger partial charge on any atom is -0.489 e. The lowest BCUT2D eigenvalue weighted by Gasteiger charge is -2.18. The Morgan fingerprint density at radius 2 is 1.54 bits per heavy atom. The van der Waals surface area contributed by atoms with Gasteiger partial charge in [-0.05, 0) is 67.8 Å². The fraction of sp³-hybridized carbons (Fsp3) is 0.156. The molecule has 2 aromatic heterocycles. The van der Waals surface area contributed by atoms with Gasteiger partial charge in [0.05, 0.1) is 5.69 Å². The van der Waals surface area contributed by atoms with E-state index in [1.807, 2.05) is 91.0 Å². The maximum atomic E-state index is 12.4. The summed E-state index contributed by atoms with van der Waals surface area (Å²) in [5.74, 6) is 1.53. The van der Waals surface area contributed by atoms with Gasteiger partial charge in [0.15, 0.2) is 5.82 Å². The average Bonchev–Trinajstić information content (AvgIpc) is 3.36. The van der Waals surface area contributed by atoms with E-state index >= 15 is 0 Å². The second-order valence-electron chi connectivity index (χ2n) is 9.91. The second kappa shape index (κ2) is 11.2. The van der Waals surface area contributed by atoms with E-state index < -0.39 is 11.8 Å². The molecule has 0 unspecified atom stereocenters. The van der Waals surface area contributed by atoms with Crippen LogP contribution in [0.15, 0.2) is 109 Å². The Bertz CT molecular complexity index is 1540. The predicted molar refractivity (Wildman–Crippen MR) is 150 cm³/mol. The van der Waals surface area contributed by atoms with E-state index in [9.17, 15) is 4.79 Å². The number of pyridine rings is 1. The van der Waals surface area contributed by atoms with E-state index in [0.29, 0.717) is 18.1 Å². The van der Waals surface area contributed by atoms with Crippen molar-refractivity contribution in [1.82, 2.24) is 14.8 Å².